The third-order valence-electron chi connectivity index (χ3n) is 2.84. The van der Waals surface area contributed by atoms with Gasteiger partial charge in [-0.2, -0.15) is 5.10 Å². The Bertz CT molecular complexity index is 526. The van der Waals surface area contributed by atoms with Gasteiger partial charge in [0.1, 0.15) is 12.4 Å². The average Bonchev–Trinajstić information content (AvgIpc) is 2.67. The van der Waals surface area contributed by atoms with Crippen LogP contribution in [0.3, 0.4) is 0 Å². The van der Waals surface area contributed by atoms with Crippen LogP contribution in [0.5, 0.6) is 0 Å². The summed E-state index contributed by atoms with van der Waals surface area (Å²) in [5.41, 5.74) is 2.59. The van der Waals surface area contributed by atoms with Gasteiger partial charge in [0.05, 0.1) is 21.6 Å². The Morgan fingerprint density at radius 2 is 2.28 bits per heavy atom. The van der Waals surface area contributed by atoms with Crippen LogP contribution >= 0.6 is 15.9 Å². The number of aromatic nitrogens is 4. The SMILES string of the molecule is CCc1nn(C)c(CC(O)c2ccncn2)c1Br. The highest BCUT2D eigenvalue weighted by Crippen LogP contribution is 2.25. The predicted molar refractivity (Wildman–Crippen MR) is 71.0 cm³/mol. The highest BCUT2D eigenvalue weighted by Gasteiger charge is 2.17. The molecule has 0 amide bonds. The zero-order chi connectivity index (χ0) is 13.1. The molecule has 1 atom stereocenters. The topological polar surface area (TPSA) is 63.8 Å². The van der Waals surface area contributed by atoms with E-state index in [4.69, 9.17) is 0 Å². The Hall–Kier alpha value is -1.27. The largest absolute Gasteiger partial charge is 0.386 e. The molecule has 5 nitrogen and oxygen atoms in total. The number of aliphatic hydroxyl groups is 1. The Labute approximate surface area is 114 Å². The van der Waals surface area contributed by atoms with Crippen LogP contribution in [0.2, 0.25) is 0 Å². The van der Waals surface area contributed by atoms with E-state index in [9.17, 15) is 5.11 Å². The van der Waals surface area contributed by atoms with E-state index in [0.717, 1.165) is 22.3 Å². The van der Waals surface area contributed by atoms with Gasteiger partial charge in [0.15, 0.2) is 0 Å². The molecule has 1 unspecified atom stereocenters. The maximum Gasteiger partial charge on any atom is 0.115 e. The monoisotopic (exact) mass is 310 g/mol. The molecule has 0 spiro atoms. The van der Waals surface area contributed by atoms with Crippen molar-refractivity contribution in [2.24, 2.45) is 7.05 Å². The van der Waals surface area contributed by atoms with Gasteiger partial charge in [-0.1, -0.05) is 6.92 Å². The van der Waals surface area contributed by atoms with Gasteiger partial charge in [-0.15, -0.1) is 0 Å². The summed E-state index contributed by atoms with van der Waals surface area (Å²) in [6.45, 7) is 2.05. The Morgan fingerprint density at radius 1 is 1.50 bits per heavy atom. The van der Waals surface area contributed by atoms with Crippen molar-refractivity contribution in [2.45, 2.75) is 25.9 Å². The average molecular weight is 311 g/mol. The summed E-state index contributed by atoms with van der Waals surface area (Å²) >= 11 is 3.54. The van der Waals surface area contributed by atoms with E-state index < -0.39 is 6.10 Å². The summed E-state index contributed by atoms with van der Waals surface area (Å²) in [4.78, 5) is 7.89. The molecule has 0 aromatic carbocycles. The summed E-state index contributed by atoms with van der Waals surface area (Å²) in [6.07, 6.45) is 3.75. The minimum absolute atomic E-state index is 0.473. The smallest absolute Gasteiger partial charge is 0.115 e. The summed E-state index contributed by atoms with van der Waals surface area (Å²) in [6, 6.07) is 1.72. The molecule has 1 N–H and O–H groups in total. The number of aryl methyl sites for hydroxylation is 2. The van der Waals surface area contributed by atoms with Gasteiger partial charge >= 0.3 is 0 Å². The Kier molecular flexibility index (Phi) is 4.08. The minimum Gasteiger partial charge on any atom is -0.386 e. The van der Waals surface area contributed by atoms with Crippen LogP contribution in [0, 0.1) is 0 Å². The van der Waals surface area contributed by atoms with Crippen molar-refractivity contribution in [3.63, 3.8) is 0 Å². The van der Waals surface area contributed by atoms with E-state index in [-0.39, 0.29) is 0 Å². The fraction of sp³-hybridized carbons (Fsp3) is 0.417. The second-order valence-electron chi connectivity index (χ2n) is 4.04. The molecule has 2 rings (SSSR count). The molecular formula is C12H15BrN4O. The van der Waals surface area contributed by atoms with Gasteiger partial charge in [0.2, 0.25) is 0 Å². The first-order chi connectivity index (χ1) is 8.63. The van der Waals surface area contributed by atoms with E-state index in [0.29, 0.717) is 12.1 Å². The van der Waals surface area contributed by atoms with Gasteiger partial charge in [0, 0.05) is 19.7 Å². The summed E-state index contributed by atoms with van der Waals surface area (Å²) < 4.78 is 2.77. The molecule has 0 aliphatic heterocycles. The van der Waals surface area contributed by atoms with E-state index >= 15 is 0 Å². The second kappa shape index (κ2) is 5.58. The molecule has 0 bridgehead atoms. The third kappa shape index (κ3) is 2.59. The Balaban J connectivity index is 2.22. The number of nitrogens with zero attached hydrogens (tertiary/aromatic N) is 4. The normalized spacial score (nSPS) is 12.7. The molecule has 6 heteroatoms. The maximum absolute atomic E-state index is 10.2. The van der Waals surface area contributed by atoms with Crippen LogP contribution < -0.4 is 0 Å². The third-order valence-corrected chi connectivity index (χ3v) is 3.75. The summed E-state index contributed by atoms with van der Waals surface area (Å²) in [5, 5.41) is 14.6. The van der Waals surface area contributed by atoms with E-state index in [1.165, 1.54) is 6.33 Å². The fourth-order valence-electron chi connectivity index (χ4n) is 1.83. The van der Waals surface area contributed by atoms with Crippen LogP contribution in [-0.2, 0) is 19.9 Å². The molecule has 2 aromatic heterocycles. The van der Waals surface area contributed by atoms with Gasteiger partial charge in [-0.05, 0) is 28.4 Å². The molecule has 0 saturated carbocycles. The van der Waals surface area contributed by atoms with Crippen LogP contribution in [0.4, 0.5) is 0 Å². The van der Waals surface area contributed by atoms with Crippen LogP contribution in [0.25, 0.3) is 0 Å². The molecule has 2 heterocycles. The molecule has 0 aliphatic carbocycles. The van der Waals surface area contributed by atoms with E-state index in [2.05, 4.69) is 37.9 Å². The summed E-state index contributed by atoms with van der Waals surface area (Å²) in [5.74, 6) is 0. The van der Waals surface area contributed by atoms with Crippen molar-refractivity contribution in [2.75, 3.05) is 0 Å². The molecule has 0 fully saturated rings. The van der Waals surface area contributed by atoms with Gasteiger partial charge < -0.3 is 5.11 Å². The van der Waals surface area contributed by atoms with Crippen LogP contribution in [0.15, 0.2) is 23.1 Å². The highest BCUT2D eigenvalue weighted by atomic mass is 79.9. The first kappa shape index (κ1) is 13.2. The molecule has 0 radical (unpaired) electrons. The number of hydrogen-bond donors (Lipinski definition) is 1. The molecule has 2 aromatic rings. The van der Waals surface area contributed by atoms with E-state index in [1.807, 2.05) is 7.05 Å². The second-order valence-corrected chi connectivity index (χ2v) is 4.83. The number of hydrogen-bond acceptors (Lipinski definition) is 4. The molecular weight excluding hydrogens is 296 g/mol. The molecule has 96 valence electrons. The highest BCUT2D eigenvalue weighted by molar-refractivity contribution is 9.10. The fourth-order valence-corrected chi connectivity index (χ4v) is 2.61. The zero-order valence-corrected chi connectivity index (χ0v) is 11.9. The molecule has 0 saturated heterocycles. The Morgan fingerprint density at radius 3 is 2.83 bits per heavy atom. The zero-order valence-electron chi connectivity index (χ0n) is 10.3. The van der Waals surface area contributed by atoms with Gasteiger partial charge in [-0.3, -0.25) is 4.68 Å². The lowest BCUT2D eigenvalue weighted by Crippen LogP contribution is -2.08. The van der Waals surface area contributed by atoms with Crippen molar-refractivity contribution in [3.8, 4) is 0 Å². The predicted octanol–water partition coefficient (Wildman–Crippen LogP) is 1.81. The minimum atomic E-state index is -0.649. The lowest BCUT2D eigenvalue weighted by molar-refractivity contribution is 0.170. The number of halogens is 1. The van der Waals surface area contributed by atoms with Crippen molar-refractivity contribution in [1.29, 1.82) is 0 Å². The molecule has 0 aliphatic rings. The van der Waals surface area contributed by atoms with Gasteiger partial charge in [-0.25, -0.2) is 9.97 Å². The lowest BCUT2D eigenvalue weighted by atomic mass is 10.1. The van der Waals surface area contributed by atoms with Crippen LogP contribution in [0.1, 0.15) is 30.1 Å². The summed E-state index contributed by atoms with van der Waals surface area (Å²) in [7, 11) is 1.88. The quantitative estimate of drug-likeness (QED) is 0.935. The van der Waals surface area contributed by atoms with Crippen molar-refractivity contribution < 1.29 is 5.11 Å². The number of rotatable bonds is 4. The maximum atomic E-state index is 10.2. The first-order valence-corrected chi connectivity index (χ1v) is 6.57. The lowest BCUT2D eigenvalue weighted by Gasteiger charge is -2.10. The van der Waals surface area contributed by atoms with Crippen molar-refractivity contribution in [1.82, 2.24) is 19.7 Å². The van der Waals surface area contributed by atoms with Crippen LogP contribution in [-0.4, -0.2) is 24.9 Å². The van der Waals surface area contributed by atoms with Crippen molar-refractivity contribution in [3.05, 3.63) is 40.1 Å². The molecule has 18 heavy (non-hydrogen) atoms. The van der Waals surface area contributed by atoms with E-state index in [1.54, 1.807) is 16.9 Å². The van der Waals surface area contributed by atoms with Crippen molar-refractivity contribution >= 4 is 15.9 Å². The first-order valence-electron chi connectivity index (χ1n) is 5.77. The standard InChI is InChI=1S/C12H15BrN4O/c1-3-8-12(13)10(17(2)16-8)6-11(18)9-4-5-14-7-15-9/h4-5,7,11,18H,3,6H2,1-2H3. The number of aliphatic hydroxyl groups excluding tert-OH is 1. The van der Waals surface area contributed by atoms with Gasteiger partial charge in [0.25, 0.3) is 0 Å².